The second-order valence-corrected chi connectivity index (χ2v) is 5.80. The molecule has 1 saturated carbocycles. The molecular weight excluding hydrogens is 286 g/mol. The van der Waals surface area contributed by atoms with Crippen LogP contribution in [0.15, 0.2) is 16.6 Å². The normalized spacial score (nSPS) is 21.4. The summed E-state index contributed by atoms with van der Waals surface area (Å²) in [5.41, 5.74) is 6.23. The minimum Gasteiger partial charge on any atom is -0.474 e. The van der Waals surface area contributed by atoms with Crippen molar-refractivity contribution in [2.24, 2.45) is 16.6 Å². The number of rotatable bonds is 8. The molecule has 2 rings (SSSR count). The predicted octanol–water partition coefficient (Wildman–Crippen LogP) is 2.24. The van der Waals surface area contributed by atoms with Crippen LogP contribution in [0.25, 0.3) is 0 Å². The molecule has 0 aromatic rings. The lowest BCUT2D eigenvalue weighted by Crippen LogP contribution is -2.25. The van der Waals surface area contributed by atoms with Gasteiger partial charge in [-0.3, -0.25) is 15.1 Å². The second-order valence-electron chi connectivity index (χ2n) is 5.80. The first kappa shape index (κ1) is 16.7. The second kappa shape index (κ2) is 8.12. The van der Waals surface area contributed by atoms with Crippen molar-refractivity contribution in [2.45, 2.75) is 51.5 Å². The highest BCUT2D eigenvalue weighted by Gasteiger charge is 2.38. The van der Waals surface area contributed by atoms with E-state index in [1.54, 1.807) is 0 Å². The molecular formula is C15H25N3O4. The Kier molecular flexibility index (Phi) is 6.18. The smallest absolute Gasteiger partial charge is 0.349 e. The van der Waals surface area contributed by atoms with Crippen molar-refractivity contribution in [2.75, 3.05) is 19.8 Å². The van der Waals surface area contributed by atoms with E-state index in [-0.39, 0.29) is 23.5 Å². The lowest BCUT2D eigenvalue weighted by Gasteiger charge is -2.19. The molecule has 7 heteroatoms. The standard InChI is InChI=1S/C15H25N3O4/c1-2-3-8-22-15(16)14(18(19)20)13(11-4-5-11)17-12-6-9-21-10-7-12/h11-12H,2-10,16H2,1H3. The van der Waals surface area contributed by atoms with Gasteiger partial charge in [0.2, 0.25) is 0 Å². The quantitative estimate of drug-likeness (QED) is 0.243. The summed E-state index contributed by atoms with van der Waals surface area (Å²) in [6.07, 6.45) is 5.24. The summed E-state index contributed by atoms with van der Waals surface area (Å²) in [5, 5.41) is 11.5. The molecule has 0 aromatic carbocycles. The van der Waals surface area contributed by atoms with Gasteiger partial charge in [0.15, 0.2) is 0 Å². The first-order chi connectivity index (χ1) is 10.6. The van der Waals surface area contributed by atoms with Gasteiger partial charge in [-0.15, -0.1) is 0 Å². The summed E-state index contributed by atoms with van der Waals surface area (Å²) in [6, 6.07) is 0.0859. The monoisotopic (exact) mass is 311 g/mol. The predicted molar refractivity (Wildman–Crippen MR) is 83.1 cm³/mol. The fourth-order valence-corrected chi connectivity index (χ4v) is 2.43. The first-order valence-corrected chi connectivity index (χ1v) is 8.06. The Morgan fingerprint density at radius 3 is 2.59 bits per heavy atom. The zero-order chi connectivity index (χ0) is 15.9. The van der Waals surface area contributed by atoms with Crippen LogP contribution in [0.1, 0.15) is 45.4 Å². The fraction of sp³-hybridized carbons (Fsp3) is 0.800. The molecule has 0 aromatic heterocycles. The summed E-state index contributed by atoms with van der Waals surface area (Å²) in [7, 11) is 0. The molecule has 0 amide bonds. The molecule has 0 atom stereocenters. The van der Waals surface area contributed by atoms with Crippen molar-refractivity contribution >= 4 is 5.71 Å². The van der Waals surface area contributed by atoms with Crippen LogP contribution in [-0.4, -0.2) is 36.5 Å². The van der Waals surface area contributed by atoms with Gasteiger partial charge >= 0.3 is 5.70 Å². The SMILES string of the molecule is CCCCOC(N)=C(C(=NC1CCOCC1)C1CC1)[N+](=O)[O-]. The van der Waals surface area contributed by atoms with Gasteiger partial charge in [-0.05, 0) is 32.1 Å². The van der Waals surface area contributed by atoms with Crippen molar-refractivity contribution < 1.29 is 14.4 Å². The number of hydrogen-bond donors (Lipinski definition) is 1. The zero-order valence-corrected chi connectivity index (χ0v) is 13.1. The van der Waals surface area contributed by atoms with Crippen LogP contribution in [0.5, 0.6) is 0 Å². The average Bonchev–Trinajstić information content (AvgIpc) is 3.32. The van der Waals surface area contributed by atoms with Crippen LogP contribution in [0, 0.1) is 16.0 Å². The third-order valence-electron chi connectivity index (χ3n) is 3.89. The van der Waals surface area contributed by atoms with E-state index < -0.39 is 4.92 Å². The maximum absolute atomic E-state index is 11.5. The van der Waals surface area contributed by atoms with E-state index in [1.807, 2.05) is 6.92 Å². The van der Waals surface area contributed by atoms with E-state index in [0.717, 1.165) is 38.5 Å². The molecule has 1 saturated heterocycles. The number of aliphatic imine (C=N–C) groups is 1. The van der Waals surface area contributed by atoms with Crippen molar-refractivity contribution in [1.82, 2.24) is 0 Å². The molecule has 7 nitrogen and oxygen atoms in total. The molecule has 1 aliphatic heterocycles. The van der Waals surface area contributed by atoms with Crippen LogP contribution in [0.2, 0.25) is 0 Å². The van der Waals surface area contributed by atoms with Gasteiger partial charge in [0.05, 0.1) is 17.6 Å². The molecule has 124 valence electrons. The highest BCUT2D eigenvalue weighted by atomic mass is 16.6. The number of unbranched alkanes of at least 4 members (excludes halogenated alkanes) is 1. The highest BCUT2D eigenvalue weighted by Crippen LogP contribution is 2.35. The molecule has 2 fully saturated rings. The molecule has 2 N–H and O–H groups in total. The molecule has 0 unspecified atom stereocenters. The summed E-state index contributed by atoms with van der Waals surface area (Å²) in [6.45, 7) is 3.74. The third-order valence-corrected chi connectivity index (χ3v) is 3.89. The molecule has 1 aliphatic carbocycles. The average molecular weight is 311 g/mol. The maximum Gasteiger partial charge on any atom is 0.349 e. The number of allylic oxidation sites excluding steroid dienone is 1. The van der Waals surface area contributed by atoms with Gasteiger partial charge < -0.3 is 15.2 Å². The van der Waals surface area contributed by atoms with Crippen molar-refractivity contribution in [3.63, 3.8) is 0 Å². The van der Waals surface area contributed by atoms with E-state index in [4.69, 9.17) is 15.2 Å². The number of nitro groups is 1. The van der Waals surface area contributed by atoms with Crippen molar-refractivity contribution in [3.8, 4) is 0 Å². The van der Waals surface area contributed by atoms with E-state index in [1.165, 1.54) is 0 Å². The Morgan fingerprint density at radius 2 is 2.05 bits per heavy atom. The van der Waals surface area contributed by atoms with Crippen molar-refractivity contribution in [1.29, 1.82) is 0 Å². The fourth-order valence-electron chi connectivity index (χ4n) is 2.43. The molecule has 0 radical (unpaired) electrons. The number of hydrogen-bond acceptors (Lipinski definition) is 6. The molecule has 2 aliphatic rings. The van der Waals surface area contributed by atoms with Gasteiger partial charge in [0, 0.05) is 19.1 Å². The van der Waals surface area contributed by atoms with Gasteiger partial charge in [0.25, 0.3) is 5.88 Å². The van der Waals surface area contributed by atoms with Crippen LogP contribution in [-0.2, 0) is 9.47 Å². The summed E-state index contributed by atoms with van der Waals surface area (Å²) in [5.74, 6) is 0.0488. The van der Waals surface area contributed by atoms with Crippen LogP contribution in [0.3, 0.4) is 0 Å². The van der Waals surface area contributed by atoms with Crippen LogP contribution >= 0.6 is 0 Å². The third kappa shape index (κ3) is 4.69. The Balaban J connectivity index is 2.19. The lowest BCUT2D eigenvalue weighted by molar-refractivity contribution is -0.418. The van der Waals surface area contributed by atoms with Gasteiger partial charge in [-0.1, -0.05) is 13.3 Å². The molecule has 0 bridgehead atoms. The minimum atomic E-state index is -0.447. The van der Waals surface area contributed by atoms with E-state index in [0.29, 0.717) is 25.5 Å². The van der Waals surface area contributed by atoms with Gasteiger partial charge in [-0.25, -0.2) is 0 Å². The number of nitrogens with zero attached hydrogens (tertiary/aromatic N) is 2. The van der Waals surface area contributed by atoms with E-state index in [2.05, 4.69) is 4.99 Å². The Labute approximate surface area is 130 Å². The van der Waals surface area contributed by atoms with Crippen molar-refractivity contribution in [3.05, 3.63) is 21.7 Å². The zero-order valence-electron chi connectivity index (χ0n) is 13.1. The first-order valence-electron chi connectivity index (χ1n) is 8.06. The maximum atomic E-state index is 11.5. The summed E-state index contributed by atoms with van der Waals surface area (Å²) < 4.78 is 10.7. The Bertz CT molecular complexity index is 452. The molecule has 1 heterocycles. The lowest BCUT2D eigenvalue weighted by atomic mass is 10.1. The minimum absolute atomic E-state index is 0.0859. The Hall–Kier alpha value is -1.63. The molecule has 22 heavy (non-hydrogen) atoms. The van der Waals surface area contributed by atoms with E-state index >= 15 is 0 Å². The van der Waals surface area contributed by atoms with Gasteiger partial charge in [0.1, 0.15) is 5.71 Å². The highest BCUT2D eigenvalue weighted by molar-refractivity contribution is 6.01. The summed E-state index contributed by atoms with van der Waals surface area (Å²) >= 11 is 0. The summed E-state index contributed by atoms with van der Waals surface area (Å²) in [4.78, 5) is 15.7. The number of ether oxygens (including phenoxy) is 2. The largest absolute Gasteiger partial charge is 0.474 e. The van der Waals surface area contributed by atoms with E-state index in [9.17, 15) is 10.1 Å². The Morgan fingerprint density at radius 1 is 1.36 bits per heavy atom. The number of nitrogens with two attached hydrogens (primary N) is 1. The van der Waals surface area contributed by atoms with Gasteiger partial charge in [-0.2, -0.15) is 0 Å². The molecule has 0 spiro atoms. The van der Waals surface area contributed by atoms with Crippen LogP contribution in [0.4, 0.5) is 0 Å². The topological polar surface area (TPSA) is 100.0 Å². The van der Waals surface area contributed by atoms with Crippen LogP contribution < -0.4 is 5.73 Å².